The van der Waals surface area contributed by atoms with Gasteiger partial charge in [-0.2, -0.15) is 5.10 Å². The van der Waals surface area contributed by atoms with Crippen molar-refractivity contribution in [1.82, 2.24) is 14.3 Å². The van der Waals surface area contributed by atoms with E-state index in [1.54, 1.807) is 41.8 Å². The number of fused-ring (bicyclic) bond motifs is 1. The van der Waals surface area contributed by atoms with Crippen molar-refractivity contribution < 1.29 is 19.1 Å². The molecule has 31 heavy (non-hydrogen) atoms. The quantitative estimate of drug-likeness (QED) is 0.463. The molecule has 0 aliphatic carbocycles. The highest BCUT2D eigenvalue weighted by atomic mass is 19.1. The number of Topliss-reactive ketones (excluding diaryl/α,β-unsaturated/α-hetero) is 1. The first-order valence-corrected chi connectivity index (χ1v) is 9.47. The highest BCUT2D eigenvalue weighted by Gasteiger charge is 2.19. The summed E-state index contributed by atoms with van der Waals surface area (Å²) in [5.74, 6) is -2.31. The third-order valence-electron chi connectivity index (χ3n) is 5.17. The molecule has 0 saturated heterocycles. The van der Waals surface area contributed by atoms with Gasteiger partial charge in [0.25, 0.3) is 5.56 Å². The van der Waals surface area contributed by atoms with Gasteiger partial charge in [-0.25, -0.2) is 9.07 Å². The monoisotopic (exact) mass is 418 g/mol. The fourth-order valence-electron chi connectivity index (χ4n) is 3.75. The lowest BCUT2D eigenvalue weighted by molar-refractivity contribution is -0.255. The van der Waals surface area contributed by atoms with Crippen LogP contribution in [-0.4, -0.2) is 26.1 Å². The Morgan fingerprint density at radius 1 is 1.03 bits per heavy atom. The number of hydrogen-bond donors (Lipinski definition) is 0. The zero-order valence-corrected chi connectivity index (χ0v) is 16.8. The SMILES string of the molecule is Cc1cc(C(=O)Cn2nc(C(=O)[O-])c3ccccc3c2=O)c(C)n1-c1ccc(F)cc1. The molecule has 0 bridgehead atoms. The number of rotatable bonds is 5. The molecule has 0 atom stereocenters. The number of hydrogen-bond acceptors (Lipinski definition) is 5. The summed E-state index contributed by atoms with van der Waals surface area (Å²) in [6.45, 7) is 3.12. The number of benzene rings is 2. The Balaban J connectivity index is 1.76. The molecule has 8 heteroatoms. The minimum atomic E-state index is -1.54. The number of nitrogens with zero attached hydrogens (tertiary/aromatic N) is 3. The molecule has 0 spiro atoms. The van der Waals surface area contributed by atoms with Crippen molar-refractivity contribution in [1.29, 1.82) is 0 Å². The number of halogens is 1. The Hall–Kier alpha value is -4.07. The highest BCUT2D eigenvalue weighted by Crippen LogP contribution is 2.22. The van der Waals surface area contributed by atoms with Gasteiger partial charge in [0.15, 0.2) is 5.78 Å². The van der Waals surface area contributed by atoms with Gasteiger partial charge in [0.1, 0.15) is 18.1 Å². The summed E-state index contributed by atoms with van der Waals surface area (Å²) in [5.41, 5.74) is 1.44. The Morgan fingerprint density at radius 2 is 1.68 bits per heavy atom. The summed E-state index contributed by atoms with van der Waals surface area (Å²) in [5, 5.41) is 15.7. The van der Waals surface area contributed by atoms with Gasteiger partial charge in [-0.1, -0.05) is 18.2 Å². The number of carboxylic acids is 1. The van der Waals surface area contributed by atoms with Gasteiger partial charge in [-0.05, 0) is 50.2 Å². The molecule has 2 aromatic heterocycles. The molecule has 0 aliphatic rings. The van der Waals surface area contributed by atoms with Crippen LogP contribution >= 0.6 is 0 Å². The van der Waals surface area contributed by atoms with E-state index in [1.165, 1.54) is 24.3 Å². The van der Waals surface area contributed by atoms with Crippen LogP contribution in [0.3, 0.4) is 0 Å². The van der Waals surface area contributed by atoms with E-state index < -0.39 is 29.6 Å². The molecule has 0 unspecified atom stereocenters. The number of carboxylic acid groups (broad SMARTS) is 1. The standard InChI is InChI=1S/C23H18FN3O4/c1-13-11-19(14(2)27(13)16-9-7-15(24)8-10-16)20(28)12-26-22(29)18-6-4-3-5-17(18)21(25-26)23(30)31/h3-11H,12H2,1-2H3,(H,30,31)/p-1. The van der Waals surface area contributed by atoms with Crippen LogP contribution in [-0.2, 0) is 6.54 Å². The Labute approximate surface area is 176 Å². The van der Waals surface area contributed by atoms with E-state index in [0.29, 0.717) is 16.9 Å². The zero-order valence-electron chi connectivity index (χ0n) is 16.8. The summed E-state index contributed by atoms with van der Waals surface area (Å²) in [6.07, 6.45) is 0. The first-order valence-electron chi connectivity index (χ1n) is 9.47. The number of aromatic nitrogens is 3. The normalized spacial score (nSPS) is 11.1. The van der Waals surface area contributed by atoms with Crippen molar-refractivity contribution in [3.63, 3.8) is 0 Å². The maximum absolute atomic E-state index is 13.3. The van der Waals surface area contributed by atoms with Crippen molar-refractivity contribution in [3.8, 4) is 5.69 Å². The van der Waals surface area contributed by atoms with Gasteiger partial charge in [0.2, 0.25) is 0 Å². The molecule has 0 fully saturated rings. The van der Waals surface area contributed by atoms with Crippen LogP contribution in [0.1, 0.15) is 32.2 Å². The van der Waals surface area contributed by atoms with Gasteiger partial charge >= 0.3 is 0 Å². The summed E-state index contributed by atoms with van der Waals surface area (Å²) >= 11 is 0. The van der Waals surface area contributed by atoms with Crippen molar-refractivity contribution in [3.05, 3.63) is 93.4 Å². The van der Waals surface area contributed by atoms with Gasteiger partial charge < -0.3 is 14.5 Å². The second kappa shape index (κ2) is 7.64. The Bertz CT molecular complexity index is 1400. The van der Waals surface area contributed by atoms with Crippen molar-refractivity contribution in [2.45, 2.75) is 20.4 Å². The van der Waals surface area contributed by atoms with E-state index in [4.69, 9.17) is 0 Å². The lowest BCUT2D eigenvalue weighted by Gasteiger charge is -2.12. The lowest BCUT2D eigenvalue weighted by atomic mass is 10.1. The summed E-state index contributed by atoms with van der Waals surface area (Å²) < 4.78 is 15.9. The maximum Gasteiger partial charge on any atom is 0.275 e. The van der Waals surface area contributed by atoms with E-state index in [0.717, 1.165) is 10.4 Å². The topological polar surface area (TPSA) is 97.0 Å². The van der Waals surface area contributed by atoms with Crippen molar-refractivity contribution in [2.75, 3.05) is 0 Å². The first kappa shape index (κ1) is 20.2. The predicted octanol–water partition coefficient (Wildman–Crippen LogP) is 2.19. The smallest absolute Gasteiger partial charge is 0.275 e. The van der Waals surface area contributed by atoms with Crippen LogP contribution in [0.2, 0.25) is 0 Å². The lowest BCUT2D eigenvalue weighted by Crippen LogP contribution is -2.32. The van der Waals surface area contributed by atoms with Crippen molar-refractivity contribution in [2.24, 2.45) is 0 Å². The van der Waals surface area contributed by atoms with E-state index in [1.807, 2.05) is 6.92 Å². The van der Waals surface area contributed by atoms with Gasteiger partial charge in [0.05, 0.1) is 11.4 Å². The van der Waals surface area contributed by atoms with Crippen LogP contribution in [0.4, 0.5) is 4.39 Å². The molecule has 0 radical (unpaired) electrons. The molecule has 4 aromatic rings. The van der Waals surface area contributed by atoms with E-state index in [9.17, 15) is 23.9 Å². The van der Waals surface area contributed by atoms with E-state index in [-0.39, 0.29) is 16.6 Å². The minimum absolute atomic E-state index is 0.140. The van der Waals surface area contributed by atoms with Gasteiger partial charge in [0, 0.05) is 28.0 Å². The van der Waals surface area contributed by atoms with Crippen LogP contribution in [0, 0.1) is 19.7 Å². The molecule has 7 nitrogen and oxygen atoms in total. The molecule has 0 N–H and O–H groups in total. The maximum atomic E-state index is 13.3. The molecule has 0 saturated carbocycles. The largest absolute Gasteiger partial charge is 0.543 e. The molecule has 0 aliphatic heterocycles. The molecule has 156 valence electrons. The molecule has 0 amide bonds. The molecular formula is C23H17FN3O4-. The summed E-state index contributed by atoms with van der Waals surface area (Å²) in [7, 11) is 0. The average Bonchev–Trinajstić information content (AvgIpc) is 3.04. The number of carbonyl (C=O) groups excluding carboxylic acids is 2. The fraction of sp³-hybridized carbons (Fsp3) is 0.130. The highest BCUT2D eigenvalue weighted by molar-refractivity contribution is 6.01. The number of aromatic carboxylic acids is 1. The molecule has 2 aromatic carbocycles. The summed E-state index contributed by atoms with van der Waals surface area (Å²) in [4.78, 5) is 37.3. The first-order chi connectivity index (χ1) is 14.8. The third-order valence-corrected chi connectivity index (χ3v) is 5.17. The minimum Gasteiger partial charge on any atom is -0.543 e. The van der Waals surface area contributed by atoms with E-state index in [2.05, 4.69) is 5.10 Å². The predicted molar refractivity (Wildman–Crippen MR) is 110 cm³/mol. The average molecular weight is 418 g/mol. The number of aryl methyl sites for hydroxylation is 1. The molecule has 4 rings (SSSR count). The van der Waals surface area contributed by atoms with Gasteiger partial charge in [-0.15, -0.1) is 0 Å². The van der Waals surface area contributed by atoms with Crippen LogP contribution in [0.25, 0.3) is 16.5 Å². The van der Waals surface area contributed by atoms with Gasteiger partial charge in [-0.3, -0.25) is 9.59 Å². The number of ketones is 1. The fourth-order valence-corrected chi connectivity index (χ4v) is 3.75. The Kier molecular flexibility index (Phi) is 4.98. The molecule has 2 heterocycles. The second-order valence-electron chi connectivity index (χ2n) is 7.16. The van der Waals surface area contributed by atoms with Crippen LogP contribution in [0.5, 0.6) is 0 Å². The van der Waals surface area contributed by atoms with E-state index >= 15 is 0 Å². The third kappa shape index (κ3) is 3.52. The van der Waals surface area contributed by atoms with Crippen LogP contribution in [0.15, 0.2) is 59.4 Å². The number of carbonyl (C=O) groups is 2. The zero-order chi connectivity index (χ0) is 22.3. The summed E-state index contributed by atoms with van der Waals surface area (Å²) in [6, 6.07) is 13.7. The Morgan fingerprint density at radius 3 is 2.32 bits per heavy atom. The van der Waals surface area contributed by atoms with Crippen molar-refractivity contribution >= 4 is 22.5 Å². The van der Waals surface area contributed by atoms with Crippen LogP contribution < -0.4 is 10.7 Å². The molecular weight excluding hydrogens is 401 g/mol. The second-order valence-corrected chi connectivity index (χ2v) is 7.16.